The maximum absolute atomic E-state index is 14.4. The van der Waals surface area contributed by atoms with Crippen LogP contribution in [0.25, 0.3) is 0 Å². The SMILES string of the molecule is O=C(c1ccccc1)P(Br)(c1ccccc1)(c1ccccc1)c1ccccc1. The van der Waals surface area contributed by atoms with Gasteiger partial charge in [0.15, 0.2) is 0 Å². The third kappa shape index (κ3) is 2.76. The molecule has 0 N–H and O–H groups in total. The summed E-state index contributed by atoms with van der Waals surface area (Å²) in [7, 11) is 0. The van der Waals surface area contributed by atoms with Crippen LogP contribution in [-0.2, 0) is 0 Å². The van der Waals surface area contributed by atoms with Gasteiger partial charge in [-0.1, -0.05) is 0 Å². The molecule has 0 saturated carbocycles. The van der Waals surface area contributed by atoms with E-state index >= 15 is 0 Å². The molecular weight excluding hydrogens is 427 g/mol. The van der Waals surface area contributed by atoms with Crippen molar-refractivity contribution in [2.45, 2.75) is 0 Å². The summed E-state index contributed by atoms with van der Waals surface area (Å²) in [6.07, 6.45) is 0. The molecule has 0 atom stereocenters. The summed E-state index contributed by atoms with van der Waals surface area (Å²) in [5, 5.41) is -0.615. The number of hydrogen-bond donors (Lipinski definition) is 0. The zero-order valence-electron chi connectivity index (χ0n) is 15.3. The van der Waals surface area contributed by atoms with Crippen LogP contribution in [0.3, 0.4) is 0 Å². The quantitative estimate of drug-likeness (QED) is 0.361. The van der Waals surface area contributed by atoms with Gasteiger partial charge in [0.2, 0.25) is 0 Å². The van der Waals surface area contributed by atoms with Gasteiger partial charge < -0.3 is 0 Å². The number of rotatable bonds is 5. The average molecular weight is 447 g/mol. The fourth-order valence-electron chi connectivity index (χ4n) is 3.75. The van der Waals surface area contributed by atoms with Crippen LogP contribution in [0.4, 0.5) is 0 Å². The van der Waals surface area contributed by atoms with Crippen LogP contribution in [0.2, 0.25) is 0 Å². The Morgan fingerprint density at radius 3 is 1.11 bits per heavy atom. The first kappa shape index (κ1) is 18.8. The summed E-state index contributed by atoms with van der Waals surface area (Å²) < 4.78 is 0. The molecule has 4 aromatic carbocycles. The fraction of sp³-hybridized carbons (Fsp3) is 0. The molecule has 0 aromatic heterocycles. The number of carbonyl (C=O) groups excluding carboxylic acids is 1. The van der Waals surface area contributed by atoms with Gasteiger partial charge >= 0.3 is 174 Å². The van der Waals surface area contributed by atoms with Gasteiger partial charge in [0, 0.05) is 0 Å². The van der Waals surface area contributed by atoms with Crippen molar-refractivity contribution >= 4 is 42.2 Å². The molecule has 0 radical (unpaired) electrons. The van der Waals surface area contributed by atoms with Crippen LogP contribution in [-0.4, -0.2) is 5.52 Å². The van der Waals surface area contributed by atoms with Crippen molar-refractivity contribution in [2.75, 3.05) is 0 Å². The minimum atomic E-state index is -3.61. The molecule has 28 heavy (non-hydrogen) atoms. The second-order valence-corrected chi connectivity index (χ2v) is 14.9. The molecule has 0 fully saturated rings. The maximum atomic E-state index is 14.4. The van der Waals surface area contributed by atoms with E-state index in [-0.39, 0.29) is 5.52 Å². The van der Waals surface area contributed by atoms with Gasteiger partial charge in [-0.2, -0.15) is 0 Å². The molecule has 138 valence electrons. The Morgan fingerprint density at radius 1 is 0.500 bits per heavy atom. The molecule has 0 amide bonds. The summed E-state index contributed by atoms with van der Waals surface area (Å²) in [5.74, 6) is 0. The van der Waals surface area contributed by atoms with E-state index in [9.17, 15) is 4.79 Å². The second kappa shape index (κ2) is 7.47. The molecule has 0 bridgehead atoms. The first-order chi connectivity index (χ1) is 13.7. The summed E-state index contributed by atoms with van der Waals surface area (Å²) in [5.41, 5.74) is 0.809. The Hall–Kier alpha value is -2.54. The van der Waals surface area contributed by atoms with Crippen molar-refractivity contribution < 1.29 is 4.79 Å². The van der Waals surface area contributed by atoms with E-state index in [1.807, 2.05) is 84.9 Å². The first-order valence-corrected chi connectivity index (χ1v) is 13.4. The number of halogens is 1. The molecule has 0 saturated heterocycles. The summed E-state index contributed by atoms with van der Waals surface area (Å²) in [4.78, 5) is 14.4. The molecule has 0 aliphatic heterocycles. The van der Waals surface area contributed by atoms with Crippen molar-refractivity contribution in [1.29, 1.82) is 0 Å². The van der Waals surface area contributed by atoms with Crippen LogP contribution in [0, 0.1) is 0 Å². The van der Waals surface area contributed by atoms with Crippen LogP contribution >= 0.6 is 20.8 Å². The van der Waals surface area contributed by atoms with Crippen LogP contribution < -0.4 is 15.9 Å². The number of carbonyl (C=O) groups is 1. The van der Waals surface area contributed by atoms with Gasteiger partial charge in [0.1, 0.15) is 0 Å². The van der Waals surface area contributed by atoms with Gasteiger partial charge in [-0.25, -0.2) is 0 Å². The third-order valence-electron chi connectivity index (χ3n) is 5.13. The number of hydrogen-bond acceptors (Lipinski definition) is 1. The Morgan fingerprint density at radius 2 is 0.786 bits per heavy atom. The zero-order valence-corrected chi connectivity index (χ0v) is 17.8. The van der Waals surface area contributed by atoms with E-state index in [0.29, 0.717) is 5.56 Å². The Kier molecular flexibility index (Phi) is 5.02. The Bertz CT molecular complexity index is 981. The monoisotopic (exact) mass is 446 g/mol. The Balaban J connectivity index is 2.18. The van der Waals surface area contributed by atoms with Crippen molar-refractivity contribution in [1.82, 2.24) is 0 Å². The van der Waals surface area contributed by atoms with E-state index in [1.165, 1.54) is 0 Å². The van der Waals surface area contributed by atoms with E-state index in [2.05, 4.69) is 51.9 Å². The van der Waals surface area contributed by atoms with Gasteiger partial charge in [0.05, 0.1) is 0 Å². The van der Waals surface area contributed by atoms with Crippen molar-refractivity contribution in [3.05, 3.63) is 127 Å². The van der Waals surface area contributed by atoms with Crippen molar-refractivity contribution in [3.63, 3.8) is 0 Å². The molecule has 0 unspecified atom stereocenters. The predicted octanol–water partition coefficient (Wildman–Crippen LogP) is 5.67. The van der Waals surface area contributed by atoms with Gasteiger partial charge in [-0.3, -0.25) is 0 Å². The molecule has 0 aliphatic carbocycles. The molecule has 0 spiro atoms. The molecule has 4 aromatic rings. The molecule has 0 heterocycles. The molecule has 4 rings (SSSR count). The third-order valence-corrected chi connectivity index (χ3v) is 14.6. The van der Waals surface area contributed by atoms with Crippen LogP contribution in [0.5, 0.6) is 0 Å². The second-order valence-electron chi connectivity index (χ2n) is 6.69. The summed E-state index contributed by atoms with van der Waals surface area (Å²) >= 11 is 4.20. The molecule has 1 nitrogen and oxygen atoms in total. The fourth-order valence-corrected chi connectivity index (χ4v) is 10.9. The first-order valence-electron chi connectivity index (χ1n) is 9.16. The van der Waals surface area contributed by atoms with Gasteiger partial charge in [-0.15, -0.1) is 0 Å². The van der Waals surface area contributed by atoms with Crippen LogP contribution in [0.1, 0.15) is 10.4 Å². The molecule has 3 heteroatoms. The Labute approximate surface area is 173 Å². The van der Waals surface area contributed by atoms with Crippen LogP contribution in [0.15, 0.2) is 121 Å². The van der Waals surface area contributed by atoms with Crippen molar-refractivity contribution in [3.8, 4) is 0 Å². The minimum absolute atomic E-state index is 0.107. The van der Waals surface area contributed by atoms with Gasteiger partial charge in [-0.05, 0) is 0 Å². The number of benzene rings is 4. The standard InChI is InChI=1S/C25H20BrOP/c26-28(22-15-7-2-8-16-22,23-17-9-3-10-18-23,24-19-11-4-12-20-24)25(27)21-13-5-1-6-14-21/h1-20H. The van der Waals surface area contributed by atoms with Crippen molar-refractivity contribution in [2.24, 2.45) is 0 Å². The van der Waals surface area contributed by atoms with E-state index in [4.69, 9.17) is 0 Å². The average Bonchev–Trinajstić information content (AvgIpc) is 2.80. The normalized spacial score (nSPS) is 12.7. The molecular formula is C25H20BrOP. The van der Waals surface area contributed by atoms with E-state index in [1.54, 1.807) is 0 Å². The van der Waals surface area contributed by atoms with E-state index < -0.39 is 5.31 Å². The zero-order chi connectivity index (χ0) is 19.5. The van der Waals surface area contributed by atoms with E-state index in [0.717, 1.165) is 15.9 Å². The summed E-state index contributed by atoms with van der Waals surface area (Å²) in [6.45, 7) is 0. The van der Waals surface area contributed by atoms with Gasteiger partial charge in [0.25, 0.3) is 0 Å². The summed E-state index contributed by atoms with van der Waals surface area (Å²) in [6, 6.07) is 39.9. The topological polar surface area (TPSA) is 17.1 Å². The molecule has 0 aliphatic rings. The predicted molar refractivity (Wildman–Crippen MR) is 125 cm³/mol.